The zero-order chi connectivity index (χ0) is 14.1. The lowest BCUT2D eigenvalue weighted by Crippen LogP contribution is -2.49. The van der Waals surface area contributed by atoms with Crippen LogP contribution in [0.2, 0.25) is 0 Å². The summed E-state index contributed by atoms with van der Waals surface area (Å²) in [5.74, 6) is -0.151. The second-order valence-corrected chi connectivity index (χ2v) is 6.46. The van der Waals surface area contributed by atoms with Crippen molar-refractivity contribution in [1.82, 2.24) is 10.2 Å². The van der Waals surface area contributed by atoms with Gasteiger partial charge in [0.15, 0.2) is 0 Å². The summed E-state index contributed by atoms with van der Waals surface area (Å²) in [7, 11) is 1.91. The molecule has 2 aliphatic rings. The first kappa shape index (κ1) is 14.4. The molecule has 5 heteroatoms. The molecule has 0 aromatic heterocycles. The van der Waals surface area contributed by atoms with Crippen LogP contribution in [0.1, 0.15) is 24.4 Å². The van der Waals surface area contributed by atoms with E-state index in [0.717, 1.165) is 29.7 Å². The van der Waals surface area contributed by atoms with Crippen LogP contribution >= 0.6 is 15.9 Å². The van der Waals surface area contributed by atoms with E-state index in [0.29, 0.717) is 6.04 Å². The van der Waals surface area contributed by atoms with Gasteiger partial charge >= 0.3 is 0 Å². The van der Waals surface area contributed by atoms with Gasteiger partial charge < -0.3 is 10.1 Å². The Morgan fingerprint density at radius 1 is 1.45 bits per heavy atom. The molecule has 1 aromatic rings. The normalized spacial score (nSPS) is 27.8. The number of nitrogens with one attached hydrogen (secondary N) is 1. The van der Waals surface area contributed by atoms with E-state index in [2.05, 4.69) is 26.1 Å². The monoisotopic (exact) mass is 342 g/mol. The van der Waals surface area contributed by atoms with Gasteiger partial charge in [0.25, 0.3) is 0 Å². The summed E-state index contributed by atoms with van der Waals surface area (Å²) in [6.45, 7) is 2.37. The molecule has 2 atom stereocenters. The van der Waals surface area contributed by atoms with Crippen molar-refractivity contribution in [2.24, 2.45) is 0 Å². The summed E-state index contributed by atoms with van der Waals surface area (Å²) in [6, 6.07) is 5.96. The van der Waals surface area contributed by atoms with Gasteiger partial charge in [-0.3, -0.25) is 4.90 Å². The molecule has 1 aliphatic heterocycles. The summed E-state index contributed by atoms with van der Waals surface area (Å²) < 4.78 is 21.0. The minimum atomic E-state index is -0.151. The number of hydrogen-bond acceptors (Lipinski definition) is 3. The third-order valence-electron chi connectivity index (χ3n) is 4.09. The largest absolute Gasteiger partial charge is 0.374 e. The molecule has 0 amide bonds. The van der Waals surface area contributed by atoms with Gasteiger partial charge in [0.2, 0.25) is 0 Å². The number of rotatable bonds is 4. The van der Waals surface area contributed by atoms with E-state index in [9.17, 15) is 4.39 Å². The molecule has 2 fully saturated rings. The molecule has 1 saturated carbocycles. The molecule has 1 aromatic carbocycles. The maximum Gasteiger partial charge on any atom is 0.129 e. The van der Waals surface area contributed by atoms with Crippen molar-refractivity contribution in [1.29, 1.82) is 0 Å². The predicted molar refractivity (Wildman–Crippen MR) is 80.2 cm³/mol. The van der Waals surface area contributed by atoms with Gasteiger partial charge in [0.1, 0.15) is 5.82 Å². The molecule has 3 nitrogen and oxygen atoms in total. The molecule has 3 rings (SSSR count). The molecule has 110 valence electrons. The Hall–Kier alpha value is -0.490. The van der Waals surface area contributed by atoms with Crippen LogP contribution in [0.15, 0.2) is 22.7 Å². The zero-order valence-electron chi connectivity index (χ0n) is 11.6. The summed E-state index contributed by atoms with van der Waals surface area (Å²) in [6.07, 6.45) is 2.45. The molecule has 1 N–H and O–H groups in total. The summed E-state index contributed by atoms with van der Waals surface area (Å²) in [5.41, 5.74) is 0.750. The van der Waals surface area contributed by atoms with Crippen LogP contribution in [0.4, 0.5) is 4.39 Å². The van der Waals surface area contributed by atoms with Gasteiger partial charge in [0.05, 0.1) is 18.8 Å². The van der Waals surface area contributed by atoms with Crippen LogP contribution in [-0.2, 0) is 4.74 Å². The van der Waals surface area contributed by atoms with E-state index in [-0.39, 0.29) is 18.0 Å². The number of ether oxygens (including phenoxy) is 1. The van der Waals surface area contributed by atoms with E-state index < -0.39 is 0 Å². The quantitative estimate of drug-likeness (QED) is 0.910. The van der Waals surface area contributed by atoms with Crippen molar-refractivity contribution in [3.05, 3.63) is 34.1 Å². The molecule has 1 saturated heterocycles. The number of hydrogen-bond donors (Lipinski definition) is 1. The van der Waals surface area contributed by atoms with Crippen molar-refractivity contribution >= 4 is 15.9 Å². The zero-order valence-corrected chi connectivity index (χ0v) is 13.2. The third-order valence-corrected chi connectivity index (χ3v) is 4.59. The Bertz CT molecular complexity index is 479. The molecule has 1 heterocycles. The maximum absolute atomic E-state index is 14.4. The van der Waals surface area contributed by atoms with Crippen LogP contribution in [0.5, 0.6) is 0 Å². The maximum atomic E-state index is 14.4. The Balaban J connectivity index is 1.93. The van der Waals surface area contributed by atoms with Crippen molar-refractivity contribution in [2.75, 3.05) is 26.7 Å². The fourth-order valence-electron chi connectivity index (χ4n) is 3.06. The molecular weight excluding hydrogens is 323 g/mol. The minimum absolute atomic E-state index is 0.00465. The molecule has 0 spiro atoms. The van der Waals surface area contributed by atoms with Gasteiger partial charge in [-0.25, -0.2) is 4.39 Å². The number of likely N-dealkylation sites (N-methyl/N-ethyl adjacent to an activating group) is 1. The van der Waals surface area contributed by atoms with Gasteiger partial charge in [-0.05, 0) is 32.0 Å². The van der Waals surface area contributed by atoms with Crippen molar-refractivity contribution in [3.63, 3.8) is 0 Å². The first-order chi connectivity index (χ1) is 9.70. The van der Waals surface area contributed by atoms with Gasteiger partial charge in [0, 0.05) is 29.2 Å². The van der Waals surface area contributed by atoms with Crippen LogP contribution in [0.3, 0.4) is 0 Å². The number of nitrogens with zero attached hydrogens (tertiary/aromatic N) is 1. The fraction of sp³-hybridized carbons (Fsp3) is 0.600. The summed E-state index contributed by atoms with van der Waals surface area (Å²) in [4.78, 5) is 2.43. The number of benzene rings is 1. The average Bonchev–Trinajstić information content (AvgIpc) is 3.24. The van der Waals surface area contributed by atoms with E-state index in [4.69, 9.17) is 4.74 Å². The molecular formula is C15H20BrFN2O. The Kier molecular flexibility index (Phi) is 4.40. The van der Waals surface area contributed by atoms with Crippen molar-refractivity contribution in [2.45, 2.75) is 31.0 Å². The highest BCUT2D eigenvalue weighted by molar-refractivity contribution is 9.10. The van der Waals surface area contributed by atoms with E-state index in [1.807, 2.05) is 19.2 Å². The Labute approximate surface area is 127 Å². The van der Waals surface area contributed by atoms with Gasteiger partial charge in [-0.2, -0.15) is 0 Å². The molecule has 2 unspecified atom stereocenters. The fourth-order valence-corrected chi connectivity index (χ4v) is 3.39. The molecule has 20 heavy (non-hydrogen) atoms. The first-order valence-electron chi connectivity index (χ1n) is 7.17. The second-order valence-electron chi connectivity index (χ2n) is 5.55. The lowest BCUT2D eigenvalue weighted by Gasteiger charge is -2.42. The summed E-state index contributed by atoms with van der Waals surface area (Å²) in [5, 5.41) is 3.16. The van der Waals surface area contributed by atoms with Crippen LogP contribution in [-0.4, -0.2) is 43.8 Å². The highest BCUT2D eigenvalue weighted by Crippen LogP contribution is 2.39. The molecule has 1 aliphatic carbocycles. The van der Waals surface area contributed by atoms with Crippen LogP contribution < -0.4 is 5.32 Å². The first-order valence-corrected chi connectivity index (χ1v) is 7.97. The van der Waals surface area contributed by atoms with E-state index in [1.54, 1.807) is 6.07 Å². The van der Waals surface area contributed by atoms with Crippen molar-refractivity contribution < 1.29 is 9.13 Å². The molecule has 0 bridgehead atoms. The average molecular weight is 343 g/mol. The topological polar surface area (TPSA) is 24.5 Å². The summed E-state index contributed by atoms with van der Waals surface area (Å²) >= 11 is 3.33. The van der Waals surface area contributed by atoms with E-state index in [1.165, 1.54) is 12.8 Å². The lowest BCUT2D eigenvalue weighted by molar-refractivity contribution is -0.0749. The smallest absolute Gasteiger partial charge is 0.129 e. The lowest BCUT2D eigenvalue weighted by atomic mass is 9.97. The predicted octanol–water partition coefficient (Wildman–Crippen LogP) is 2.71. The Morgan fingerprint density at radius 3 is 2.90 bits per heavy atom. The second kappa shape index (κ2) is 6.10. The third kappa shape index (κ3) is 2.91. The van der Waals surface area contributed by atoms with Crippen LogP contribution in [0.25, 0.3) is 0 Å². The highest BCUT2D eigenvalue weighted by atomic mass is 79.9. The Morgan fingerprint density at radius 2 is 2.25 bits per heavy atom. The van der Waals surface area contributed by atoms with Gasteiger partial charge in [-0.1, -0.05) is 22.0 Å². The van der Waals surface area contributed by atoms with Crippen LogP contribution in [0, 0.1) is 5.82 Å². The van der Waals surface area contributed by atoms with Crippen molar-refractivity contribution in [3.8, 4) is 0 Å². The minimum Gasteiger partial charge on any atom is -0.374 e. The number of morpholine rings is 1. The van der Waals surface area contributed by atoms with E-state index >= 15 is 0 Å². The highest BCUT2D eigenvalue weighted by Gasteiger charge is 2.41. The molecule has 0 radical (unpaired) electrons. The standard InChI is InChI=1S/C15H20BrFN2O/c1-18-9-14-15(12-5-2-10(16)8-13(12)17)19(6-7-20-14)11-3-4-11/h2,5,8,11,14-15,18H,3-4,6-7,9H2,1H3. The van der Waals surface area contributed by atoms with Gasteiger partial charge in [-0.15, -0.1) is 0 Å². The number of halogens is 2. The SMILES string of the molecule is CNCC1OCCN(C2CC2)C1c1ccc(Br)cc1F.